The Morgan fingerprint density at radius 3 is 2.60 bits per heavy atom. The molecule has 1 saturated heterocycles. The third-order valence-corrected chi connectivity index (χ3v) is 6.66. The molecule has 1 aliphatic rings. The molecule has 1 aliphatic heterocycles. The van der Waals surface area contributed by atoms with E-state index in [2.05, 4.69) is 29.7 Å². The number of nitrogens with one attached hydrogen (secondary N) is 2. The molecule has 1 atom stereocenters. The number of anilines is 1. The number of rotatable bonds is 9. The van der Waals surface area contributed by atoms with Crippen LogP contribution in [-0.4, -0.2) is 18.0 Å². The van der Waals surface area contributed by atoms with Crippen molar-refractivity contribution in [2.75, 3.05) is 11.9 Å². The van der Waals surface area contributed by atoms with E-state index < -0.39 is 0 Å². The summed E-state index contributed by atoms with van der Waals surface area (Å²) in [6, 6.07) is 18.0. The van der Waals surface area contributed by atoms with E-state index in [9.17, 15) is 9.18 Å². The summed E-state index contributed by atoms with van der Waals surface area (Å²) in [5.74, 6) is 0.234. The molecular formula is C27H26ClFN2O3S. The highest BCUT2D eigenvalue weighted by Gasteiger charge is 2.27. The van der Waals surface area contributed by atoms with Crippen molar-refractivity contribution in [2.45, 2.75) is 32.4 Å². The summed E-state index contributed by atoms with van der Waals surface area (Å²) < 4.78 is 25.5. The molecule has 1 heterocycles. The minimum absolute atomic E-state index is 0.0117. The minimum atomic E-state index is -0.350. The number of hydrogen-bond donors (Lipinski definition) is 2. The van der Waals surface area contributed by atoms with Gasteiger partial charge in [-0.25, -0.2) is 4.39 Å². The van der Waals surface area contributed by atoms with E-state index in [0.29, 0.717) is 39.2 Å². The molecule has 0 saturated carbocycles. The van der Waals surface area contributed by atoms with Crippen molar-refractivity contribution in [3.05, 3.63) is 93.1 Å². The van der Waals surface area contributed by atoms with E-state index in [1.165, 1.54) is 23.4 Å². The van der Waals surface area contributed by atoms with Crippen molar-refractivity contribution in [3.63, 3.8) is 0 Å². The highest BCUT2D eigenvalue weighted by molar-refractivity contribution is 8.05. The molecule has 182 valence electrons. The lowest BCUT2D eigenvalue weighted by atomic mass is 10.1. The van der Waals surface area contributed by atoms with Gasteiger partial charge in [0, 0.05) is 11.3 Å². The predicted octanol–water partition coefficient (Wildman–Crippen LogP) is 6.62. The second-order valence-electron chi connectivity index (χ2n) is 7.82. The zero-order valence-corrected chi connectivity index (χ0v) is 21.0. The maximum Gasteiger partial charge on any atom is 0.260 e. The van der Waals surface area contributed by atoms with Gasteiger partial charge >= 0.3 is 0 Å². The van der Waals surface area contributed by atoms with E-state index >= 15 is 0 Å². The van der Waals surface area contributed by atoms with Gasteiger partial charge in [0.2, 0.25) is 0 Å². The van der Waals surface area contributed by atoms with Gasteiger partial charge in [0.25, 0.3) is 5.91 Å². The van der Waals surface area contributed by atoms with E-state index in [1.54, 1.807) is 36.4 Å². The molecule has 35 heavy (non-hydrogen) atoms. The number of hydrogen-bond acceptors (Lipinski definition) is 5. The van der Waals surface area contributed by atoms with Crippen LogP contribution in [0.5, 0.6) is 11.5 Å². The van der Waals surface area contributed by atoms with Gasteiger partial charge in [-0.05, 0) is 60.9 Å². The molecule has 0 radical (unpaired) electrons. The maximum absolute atomic E-state index is 14.0. The van der Waals surface area contributed by atoms with Crippen LogP contribution >= 0.6 is 23.4 Å². The van der Waals surface area contributed by atoms with Crippen molar-refractivity contribution < 1.29 is 18.7 Å². The normalized spacial score (nSPS) is 16.3. The molecule has 3 aromatic rings. The van der Waals surface area contributed by atoms with Crippen molar-refractivity contribution in [2.24, 2.45) is 0 Å². The van der Waals surface area contributed by atoms with Gasteiger partial charge < -0.3 is 20.1 Å². The van der Waals surface area contributed by atoms with Crippen LogP contribution in [0.2, 0.25) is 5.02 Å². The fourth-order valence-electron chi connectivity index (χ4n) is 3.54. The maximum atomic E-state index is 14.0. The van der Waals surface area contributed by atoms with Crippen LogP contribution in [0.3, 0.4) is 0 Å². The van der Waals surface area contributed by atoms with Crippen molar-refractivity contribution in [1.29, 1.82) is 0 Å². The van der Waals surface area contributed by atoms with Gasteiger partial charge in [0.15, 0.2) is 17.0 Å². The number of benzene rings is 3. The molecular weight excluding hydrogens is 487 g/mol. The Kier molecular flexibility index (Phi) is 8.21. The quantitative estimate of drug-likeness (QED) is 0.315. The summed E-state index contributed by atoms with van der Waals surface area (Å²) in [7, 11) is 0. The average Bonchev–Trinajstić information content (AvgIpc) is 3.18. The van der Waals surface area contributed by atoms with E-state index in [1.807, 2.05) is 19.1 Å². The van der Waals surface area contributed by atoms with Crippen LogP contribution in [0.4, 0.5) is 10.1 Å². The zero-order chi connectivity index (χ0) is 24.8. The summed E-state index contributed by atoms with van der Waals surface area (Å²) in [6.45, 7) is 4.36. The van der Waals surface area contributed by atoms with Crippen LogP contribution < -0.4 is 20.1 Å². The lowest BCUT2D eigenvalue weighted by Crippen LogP contribution is -2.30. The Bertz CT molecular complexity index is 1230. The van der Waals surface area contributed by atoms with E-state index in [0.717, 1.165) is 12.1 Å². The van der Waals surface area contributed by atoms with E-state index in [-0.39, 0.29) is 23.8 Å². The topological polar surface area (TPSA) is 59.6 Å². The van der Waals surface area contributed by atoms with Crippen molar-refractivity contribution in [3.8, 4) is 11.5 Å². The Morgan fingerprint density at radius 2 is 1.89 bits per heavy atom. The molecule has 4 rings (SSSR count). The van der Waals surface area contributed by atoms with Gasteiger partial charge in [0.1, 0.15) is 12.4 Å². The SMILES string of the molecule is CCOc1cc(/C=C2\S[C@@H](Nc3ccc(CC)cc3)NC2=O)cc(Cl)c1OCc1ccccc1F. The molecule has 3 aromatic carbocycles. The highest BCUT2D eigenvalue weighted by Crippen LogP contribution is 2.39. The number of thioether (sulfide) groups is 1. The molecule has 0 bridgehead atoms. The number of carbonyl (C=O) groups excluding carboxylic acids is 1. The third kappa shape index (κ3) is 6.29. The lowest BCUT2D eigenvalue weighted by molar-refractivity contribution is -0.116. The molecule has 2 N–H and O–H groups in total. The summed E-state index contributed by atoms with van der Waals surface area (Å²) in [4.78, 5) is 13.1. The Balaban J connectivity index is 1.50. The van der Waals surface area contributed by atoms with Gasteiger partial charge in [-0.1, -0.05) is 60.6 Å². The average molecular weight is 513 g/mol. The molecule has 0 aliphatic carbocycles. The summed E-state index contributed by atoms with van der Waals surface area (Å²) in [5, 5.41) is 6.56. The first kappa shape index (κ1) is 24.9. The first-order valence-electron chi connectivity index (χ1n) is 11.3. The zero-order valence-electron chi connectivity index (χ0n) is 19.4. The first-order chi connectivity index (χ1) is 17.0. The van der Waals surface area contributed by atoms with Crippen LogP contribution in [-0.2, 0) is 17.8 Å². The number of ether oxygens (including phenoxy) is 2. The molecule has 5 nitrogen and oxygen atoms in total. The molecule has 0 aromatic heterocycles. The second kappa shape index (κ2) is 11.5. The van der Waals surface area contributed by atoms with Crippen LogP contribution in [0.25, 0.3) is 6.08 Å². The fourth-order valence-corrected chi connectivity index (χ4v) is 4.80. The van der Waals surface area contributed by atoms with Crippen LogP contribution in [0, 0.1) is 5.82 Å². The van der Waals surface area contributed by atoms with Gasteiger partial charge in [-0.15, -0.1) is 0 Å². The van der Waals surface area contributed by atoms with Crippen LogP contribution in [0.1, 0.15) is 30.5 Å². The third-order valence-electron chi connectivity index (χ3n) is 5.35. The standard InChI is InChI=1S/C27H26ClFN2O3S/c1-3-17-9-11-20(12-10-17)30-27-31-26(32)24(35-27)15-18-13-21(28)25(23(14-18)33-4-2)34-16-19-7-5-6-8-22(19)29/h5-15,27,30H,3-4,16H2,1-2H3,(H,31,32)/b24-15-/t27-/m0/s1. The minimum Gasteiger partial charge on any atom is -0.490 e. The van der Waals surface area contributed by atoms with Gasteiger partial charge in [-0.3, -0.25) is 4.79 Å². The number of amides is 1. The smallest absolute Gasteiger partial charge is 0.260 e. The fraction of sp³-hybridized carbons (Fsp3) is 0.222. The molecule has 0 unspecified atom stereocenters. The summed E-state index contributed by atoms with van der Waals surface area (Å²) >= 11 is 7.90. The second-order valence-corrected chi connectivity index (χ2v) is 9.37. The number of halogens is 2. The first-order valence-corrected chi connectivity index (χ1v) is 12.6. The molecule has 8 heteroatoms. The Morgan fingerprint density at radius 1 is 1.11 bits per heavy atom. The lowest BCUT2D eigenvalue weighted by Gasteiger charge is -2.15. The predicted molar refractivity (Wildman–Crippen MR) is 140 cm³/mol. The highest BCUT2D eigenvalue weighted by atomic mass is 35.5. The largest absolute Gasteiger partial charge is 0.490 e. The number of aryl methyl sites for hydroxylation is 1. The molecule has 1 fully saturated rings. The Hall–Kier alpha value is -3.16. The Labute approximate surface area is 213 Å². The summed E-state index contributed by atoms with van der Waals surface area (Å²) in [5.41, 5.74) is 3.01. The van der Waals surface area contributed by atoms with Crippen molar-refractivity contribution in [1.82, 2.24) is 5.32 Å². The molecule has 1 amide bonds. The van der Waals surface area contributed by atoms with Gasteiger partial charge in [0.05, 0.1) is 16.5 Å². The molecule has 0 spiro atoms. The van der Waals surface area contributed by atoms with Gasteiger partial charge in [-0.2, -0.15) is 0 Å². The summed E-state index contributed by atoms with van der Waals surface area (Å²) in [6.07, 6.45) is 2.73. The van der Waals surface area contributed by atoms with Crippen molar-refractivity contribution >= 4 is 41.0 Å². The monoisotopic (exact) mass is 512 g/mol. The number of carbonyl (C=O) groups is 1. The van der Waals surface area contributed by atoms with Crippen LogP contribution in [0.15, 0.2) is 65.6 Å². The van der Waals surface area contributed by atoms with E-state index in [4.69, 9.17) is 21.1 Å².